The van der Waals surface area contributed by atoms with Crippen LogP contribution >= 0.6 is 0 Å². The van der Waals surface area contributed by atoms with Crippen LogP contribution in [0.25, 0.3) is 0 Å². The molecule has 2 aromatic carbocycles. The third kappa shape index (κ3) is 4.21. The number of aryl methyl sites for hydroxylation is 4. The molecule has 1 aromatic heterocycles. The molecular formula is C23H24N2O4S. The Kier molecular flexibility index (Phi) is 5.94. The summed E-state index contributed by atoms with van der Waals surface area (Å²) < 4.78 is 27.5. The van der Waals surface area contributed by atoms with Gasteiger partial charge in [0.25, 0.3) is 5.56 Å². The van der Waals surface area contributed by atoms with E-state index in [1.807, 2.05) is 26.0 Å². The topological polar surface area (TPSA) is 85.2 Å². The maximum atomic E-state index is 13.2. The molecule has 0 atom stereocenters. The second-order valence-electron chi connectivity index (χ2n) is 7.37. The van der Waals surface area contributed by atoms with E-state index in [2.05, 4.69) is 5.32 Å². The first-order valence-electron chi connectivity index (χ1n) is 9.49. The van der Waals surface area contributed by atoms with Crippen molar-refractivity contribution >= 4 is 21.4 Å². The van der Waals surface area contributed by atoms with Gasteiger partial charge in [0.2, 0.25) is 15.7 Å². The van der Waals surface area contributed by atoms with Gasteiger partial charge in [0.15, 0.2) is 0 Å². The van der Waals surface area contributed by atoms with E-state index in [1.54, 1.807) is 44.2 Å². The summed E-state index contributed by atoms with van der Waals surface area (Å²) in [4.78, 5) is 25.5. The Balaban J connectivity index is 2.01. The van der Waals surface area contributed by atoms with Crippen LogP contribution in [0.5, 0.6) is 0 Å². The number of amides is 1. The van der Waals surface area contributed by atoms with Gasteiger partial charge in [-0.25, -0.2) is 8.42 Å². The molecule has 6 nitrogen and oxygen atoms in total. The fourth-order valence-corrected chi connectivity index (χ4v) is 4.87. The Morgan fingerprint density at radius 3 is 2.20 bits per heavy atom. The Hall–Kier alpha value is -3.19. The van der Waals surface area contributed by atoms with Gasteiger partial charge in [-0.2, -0.15) is 0 Å². The number of rotatable bonds is 5. The van der Waals surface area contributed by atoms with Crippen LogP contribution in [0, 0.1) is 27.7 Å². The quantitative estimate of drug-likeness (QED) is 0.679. The molecule has 0 saturated heterocycles. The molecule has 0 unspecified atom stereocenters. The van der Waals surface area contributed by atoms with E-state index in [0.717, 1.165) is 11.1 Å². The number of sulfone groups is 1. The molecule has 0 bridgehead atoms. The standard InChI is InChI=1S/C23H24N2O4S/c1-15-9-11-19(12-10-15)30(28,29)22-17(3)13-18(4)25(23(22)27)14-21(26)24-20-8-6-5-7-16(20)2/h5-13H,14H2,1-4H3,(H,24,26). The maximum absolute atomic E-state index is 13.2. The molecule has 0 radical (unpaired) electrons. The Morgan fingerprint density at radius 2 is 1.57 bits per heavy atom. The van der Waals surface area contributed by atoms with Crippen LogP contribution in [0.2, 0.25) is 0 Å². The minimum absolute atomic E-state index is 0.0491. The summed E-state index contributed by atoms with van der Waals surface area (Å²) in [5.74, 6) is -0.406. The second-order valence-corrected chi connectivity index (χ2v) is 9.26. The van der Waals surface area contributed by atoms with Gasteiger partial charge in [0, 0.05) is 11.4 Å². The highest BCUT2D eigenvalue weighted by molar-refractivity contribution is 7.91. The molecule has 0 spiro atoms. The Morgan fingerprint density at radius 1 is 0.933 bits per heavy atom. The first-order valence-corrected chi connectivity index (χ1v) is 11.0. The summed E-state index contributed by atoms with van der Waals surface area (Å²) in [7, 11) is -4.02. The second kappa shape index (κ2) is 8.28. The summed E-state index contributed by atoms with van der Waals surface area (Å²) in [5.41, 5.74) is 2.62. The van der Waals surface area contributed by atoms with Crippen LogP contribution < -0.4 is 10.9 Å². The average Bonchev–Trinajstić information content (AvgIpc) is 2.67. The number of anilines is 1. The van der Waals surface area contributed by atoms with Gasteiger partial charge in [-0.1, -0.05) is 35.9 Å². The van der Waals surface area contributed by atoms with Gasteiger partial charge in [-0.05, 0) is 63.1 Å². The lowest BCUT2D eigenvalue weighted by molar-refractivity contribution is -0.116. The summed E-state index contributed by atoms with van der Waals surface area (Å²) in [5, 5.41) is 2.78. The number of aromatic nitrogens is 1. The van der Waals surface area contributed by atoms with Gasteiger partial charge in [-0.3, -0.25) is 9.59 Å². The van der Waals surface area contributed by atoms with Crippen molar-refractivity contribution in [3.8, 4) is 0 Å². The molecule has 1 amide bonds. The van der Waals surface area contributed by atoms with E-state index >= 15 is 0 Å². The molecule has 0 fully saturated rings. The highest BCUT2D eigenvalue weighted by Crippen LogP contribution is 2.22. The van der Waals surface area contributed by atoms with E-state index in [9.17, 15) is 18.0 Å². The van der Waals surface area contributed by atoms with Gasteiger partial charge < -0.3 is 9.88 Å². The molecule has 0 aliphatic heterocycles. The van der Waals surface area contributed by atoms with Crippen molar-refractivity contribution in [3.05, 3.63) is 87.3 Å². The molecule has 0 saturated carbocycles. The molecule has 0 aliphatic rings. The van der Waals surface area contributed by atoms with Crippen molar-refractivity contribution in [3.63, 3.8) is 0 Å². The third-order valence-corrected chi connectivity index (χ3v) is 6.90. The molecule has 3 rings (SSSR count). The number of hydrogen-bond acceptors (Lipinski definition) is 4. The fourth-order valence-electron chi connectivity index (χ4n) is 3.31. The van der Waals surface area contributed by atoms with Crippen LogP contribution in [0.3, 0.4) is 0 Å². The van der Waals surface area contributed by atoms with Crippen LogP contribution in [0.1, 0.15) is 22.4 Å². The van der Waals surface area contributed by atoms with Gasteiger partial charge in [0.1, 0.15) is 11.4 Å². The molecule has 156 valence electrons. The number of nitrogens with one attached hydrogen (secondary N) is 1. The highest BCUT2D eigenvalue weighted by Gasteiger charge is 2.26. The first kappa shape index (κ1) is 21.5. The molecule has 0 aliphatic carbocycles. The van der Waals surface area contributed by atoms with Crippen LogP contribution in [0.15, 0.2) is 69.2 Å². The SMILES string of the molecule is Cc1ccc(S(=O)(=O)c2c(C)cc(C)n(CC(=O)Nc3ccccc3C)c2=O)cc1. The number of para-hydroxylation sites is 1. The van der Waals surface area contributed by atoms with Crippen molar-refractivity contribution < 1.29 is 13.2 Å². The van der Waals surface area contributed by atoms with Crippen molar-refractivity contribution in [2.75, 3.05) is 5.32 Å². The molecule has 3 aromatic rings. The minimum atomic E-state index is -4.02. The zero-order chi connectivity index (χ0) is 22.1. The number of hydrogen-bond donors (Lipinski definition) is 1. The van der Waals surface area contributed by atoms with E-state index < -0.39 is 21.3 Å². The molecule has 1 heterocycles. The van der Waals surface area contributed by atoms with E-state index in [0.29, 0.717) is 16.9 Å². The molecule has 30 heavy (non-hydrogen) atoms. The Labute approximate surface area is 176 Å². The predicted molar refractivity (Wildman–Crippen MR) is 117 cm³/mol. The van der Waals surface area contributed by atoms with Gasteiger partial charge in [0.05, 0.1) is 4.90 Å². The van der Waals surface area contributed by atoms with Crippen LogP contribution in [0.4, 0.5) is 5.69 Å². The van der Waals surface area contributed by atoms with Crippen LogP contribution in [-0.2, 0) is 21.2 Å². The number of carbonyl (C=O) groups excluding carboxylic acids is 1. The molecular weight excluding hydrogens is 400 g/mol. The number of pyridine rings is 1. The van der Waals surface area contributed by atoms with E-state index in [-0.39, 0.29) is 16.3 Å². The Bertz CT molecular complexity index is 1270. The maximum Gasteiger partial charge on any atom is 0.270 e. The smallest absolute Gasteiger partial charge is 0.270 e. The van der Waals surface area contributed by atoms with Crippen LogP contribution in [-0.4, -0.2) is 18.9 Å². The molecule has 7 heteroatoms. The zero-order valence-electron chi connectivity index (χ0n) is 17.4. The van der Waals surface area contributed by atoms with Crippen molar-refractivity contribution in [1.82, 2.24) is 4.57 Å². The third-order valence-electron chi connectivity index (χ3n) is 4.97. The minimum Gasteiger partial charge on any atom is -0.324 e. The molecule has 1 N–H and O–H groups in total. The average molecular weight is 425 g/mol. The lowest BCUT2D eigenvalue weighted by Gasteiger charge is -2.15. The number of benzene rings is 2. The van der Waals surface area contributed by atoms with Crippen molar-refractivity contribution in [1.29, 1.82) is 0 Å². The number of nitrogens with zero attached hydrogens (tertiary/aromatic N) is 1. The summed E-state index contributed by atoms with van der Waals surface area (Å²) in [6.45, 7) is 6.71. The summed E-state index contributed by atoms with van der Waals surface area (Å²) in [6, 6.07) is 15.3. The highest BCUT2D eigenvalue weighted by atomic mass is 32.2. The van der Waals surface area contributed by atoms with Crippen molar-refractivity contribution in [2.24, 2.45) is 0 Å². The summed E-state index contributed by atoms with van der Waals surface area (Å²) >= 11 is 0. The van der Waals surface area contributed by atoms with Crippen molar-refractivity contribution in [2.45, 2.75) is 44.0 Å². The summed E-state index contributed by atoms with van der Waals surface area (Å²) in [6.07, 6.45) is 0. The lowest BCUT2D eigenvalue weighted by Crippen LogP contribution is -2.33. The predicted octanol–water partition coefficient (Wildman–Crippen LogP) is 3.55. The fraction of sp³-hybridized carbons (Fsp3) is 0.217. The van der Waals surface area contributed by atoms with E-state index in [1.165, 1.54) is 16.7 Å². The first-order chi connectivity index (χ1) is 14.1. The van der Waals surface area contributed by atoms with Gasteiger partial charge >= 0.3 is 0 Å². The monoisotopic (exact) mass is 424 g/mol. The zero-order valence-corrected chi connectivity index (χ0v) is 18.2. The largest absolute Gasteiger partial charge is 0.324 e. The normalized spacial score (nSPS) is 11.3. The van der Waals surface area contributed by atoms with E-state index in [4.69, 9.17) is 0 Å². The number of carbonyl (C=O) groups is 1. The van der Waals surface area contributed by atoms with Gasteiger partial charge in [-0.15, -0.1) is 0 Å². The lowest BCUT2D eigenvalue weighted by atomic mass is 10.2.